The van der Waals surface area contributed by atoms with Gasteiger partial charge in [0.25, 0.3) is 5.91 Å². The van der Waals surface area contributed by atoms with Gasteiger partial charge in [0.1, 0.15) is 0 Å². The zero-order valence-electron chi connectivity index (χ0n) is 12.7. The van der Waals surface area contributed by atoms with Gasteiger partial charge in [-0.15, -0.1) is 12.8 Å². The Labute approximate surface area is 133 Å². The third kappa shape index (κ3) is 2.85. The first-order valence-electron chi connectivity index (χ1n) is 7.14. The van der Waals surface area contributed by atoms with Gasteiger partial charge < -0.3 is 16.2 Å². The second kappa shape index (κ2) is 6.26. The Bertz CT molecular complexity index is 738. The number of nitrogens with two attached hydrogens (primary N) is 1. The van der Waals surface area contributed by atoms with Crippen molar-refractivity contribution in [1.82, 2.24) is 9.61 Å². The summed E-state index contributed by atoms with van der Waals surface area (Å²) in [6.45, 7) is 1.36. The molecule has 3 rings (SSSR count). The van der Waals surface area contributed by atoms with Crippen LogP contribution in [-0.2, 0) is 0 Å². The molecule has 0 aromatic carbocycles. The Kier molecular flexibility index (Phi) is 4.57. The minimum Gasteiger partial charge on any atom is -0.390 e. The predicted octanol–water partition coefficient (Wildman–Crippen LogP) is 1.35. The lowest BCUT2D eigenvalue weighted by atomic mass is 10.00. The largest absolute Gasteiger partial charge is 0.390 e. The number of nitrogens with one attached hydrogen (secondary N) is 1. The molecule has 1 saturated carbocycles. The molecular formula is C16H19FN4O2. The van der Waals surface area contributed by atoms with Gasteiger partial charge in [-0.05, 0) is 31.9 Å². The summed E-state index contributed by atoms with van der Waals surface area (Å²) in [5.41, 5.74) is 4.91. The van der Waals surface area contributed by atoms with Crippen LogP contribution in [0.25, 0.3) is 5.52 Å². The molecule has 7 heteroatoms. The first kappa shape index (κ1) is 16.8. The number of terminal acetylenes is 1. The quantitative estimate of drug-likeness (QED) is 0.745. The second-order valence-corrected chi connectivity index (χ2v) is 5.58. The van der Waals surface area contributed by atoms with E-state index >= 15 is 0 Å². The van der Waals surface area contributed by atoms with E-state index in [0.29, 0.717) is 24.0 Å². The number of nitrogens with zero attached hydrogens (tertiary/aromatic N) is 2. The van der Waals surface area contributed by atoms with Crippen LogP contribution in [0.2, 0.25) is 0 Å². The Morgan fingerprint density at radius 1 is 1.57 bits per heavy atom. The first-order valence-corrected chi connectivity index (χ1v) is 7.14. The highest BCUT2D eigenvalue weighted by atomic mass is 19.1. The Morgan fingerprint density at radius 3 is 2.83 bits per heavy atom. The Morgan fingerprint density at radius 2 is 2.26 bits per heavy atom. The molecule has 1 fully saturated rings. The van der Waals surface area contributed by atoms with E-state index in [-0.39, 0.29) is 5.56 Å². The molecule has 23 heavy (non-hydrogen) atoms. The van der Waals surface area contributed by atoms with E-state index in [1.165, 1.54) is 13.1 Å². The lowest BCUT2D eigenvalue weighted by Gasteiger charge is -2.28. The summed E-state index contributed by atoms with van der Waals surface area (Å²) >= 11 is 0. The lowest BCUT2D eigenvalue weighted by molar-refractivity contribution is 0.0253. The highest BCUT2D eigenvalue weighted by Gasteiger charge is 2.47. The molecule has 4 N–H and O–H groups in total. The number of carbonyl (C=O) groups is 1. The number of primary amides is 1. The molecule has 1 amide bonds. The van der Waals surface area contributed by atoms with Crippen molar-refractivity contribution >= 4 is 17.1 Å². The molecule has 2 aromatic rings. The van der Waals surface area contributed by atoms with Gasteiger partial charge in [0.05, 0.1) is 35.1 Å². The van der Waals surface area contributed by atoms with Gasteiger partial charge in [-0.25, -0.2) is 8.91 Å². The maximum absolute atomic E-state index is 14.6. The summed E-state index contributed by atoms with van der Waals surface area (Å²) in [5, 5.41) is 16.9. The van der Waals surface area contributed by atoms with E-state index in [1.807, 2.05) is 0 Å². The van der Waals surface area contributed by atoms with E-state index in [2.05, 4.69) is 23.3 Å². The maximum Gasteiger partial charge on any atom is 0.252 e. The van der Waals surface area contributed by atoms with Crippen LogP contribution in [-0.4, -0.2) is 38.4 Å². The summed E-state index contributed by atoms with van der Waals surface area (Å²) in [6.07, 6.45) is 10.9. The number of hydrogen-bond acceptors (Lipinski definition) is 4. The number of aromatic nitrogens is 2. The number of carbonyl (C=O) groups excluding carboxylic acids is 1. The molecule has 0 spiro atoms. The first-order chi connectivity index (χ1) is 10.9. The van der Waals surface area contributed by atoms with Crippen molar-refractivity contribution in [3.8, 4) is 12.8 Å². The van der Waals surface area contributed by atoms with Gasteiger partial charge in [-0.2, -0.15) is 5.10 Å². The molecule has 2 aromatic heterocycles. The summed E-state index contributed by atoms with van der Waals surface area (Å²) in [6, 6.07) is 2.95. The van der Waals surface area contributed by atoms with Crippen LogP contribution in [0.15, 0.2) is 24.5 Å². The van der Waals surface area contributed by atoms with Gasteiger partial charge >= 0.3 is 0 Å². The number of hydrogen-bond donors (Lipinski definition) is 3. The molecule has 6 nitrogen and oxygen atoms in total. The van der Waals surface area contributed by atoms with Crippen molar-refractivity contribution in [2.45, 2.75) is 37.6 Å². The number of anilines is 1. The maximum atomic E-state index is 14.6. The van der Waals surface area contributed by atoms with Crippen molar-refractivity contribution in [2.24, 2.45) is 5.73 Å². The Balaban J connectivity index is 0.000000924. The van der Waals surface area contributed by atoms with Crippen molar-refractivity contribution < 1.29 is 14.3 Å². The summed E-state index contributed by atoms with van der Waals surface area (Å²) in [5.74, 6) is -0.632. The third-order valence-corrected chi connectivity index (χ3v) is 4.21. The van der Waals surface area contributed by atoms with Gasteiger partial charge in [0, 0.05) is 6.20 Å². The van der Waals surface area contributed by atoms with Crippen molar-refractivity contribution in [1.29, 1.82) is 0 Å². The number of halogens is 1. The minimum absolute atomic E-state index is 0.207. The number of aliphatic hydroxyl groups excluding tert-OH is 1. The highest BCUT2D eigenvalue weighted by molar-refractivity contribution is 6.01. The third-order valence-electron chi connectivity index (χ3n) is 4.21. The molecule has 0 unspecified atom stereocenters. The van der Waals surface area contributed by atoms with E-state index < -0.39 is 23.7 Å². The zero-order valence-corrected chi connectivity index (χ0v) is 12.7. The number of aliphatic hydroxyl groups is 1. The van der Waals surface area contributed by atoms with Crippen LogP contribution < -0.4 is 11.1 Å². The number of alkyl halides is 1. The van der Waals surface area contributed by atoms with Crippen LogP contribution in [0.3, 0.4) is 0 Å². The van der Waals surface area contributed by atoms with Crippen molar-refractivity contribution in [3.63, 3.8) is 0 Å². The normalized spacial score (nSPS) is 26.5. The molecule has 0 bridgehead atoms. The molecule has 1 aliphatic rings. The van der Waals surface area contributed by atoms with Crippen LogP contribution in [0, 0.1) is 12.8 Å². The highest BCUT2D eigenvalue weighted by Crippen LogP contribution is 2.37. The van der Waals surface area contributed by atoms with E-state index in [9.17, 15) is 14.3 Å². The van der Waals surface area contributed by atoms with Crippen molar-refractivity contribution in [3.05, 3.63) is 30.1 Å². The molecule has 0 radical (unpaired) electrons. The monoisotopic (exact) mass is 318 g/mol. The standard InChI is InChI=1S/C14H17FN4O2.C2H2/c1-14(15)10(4-5-11(14)20)18-12-8(13(16)21)7-17-19-6-2-3-9(12)19;1-2/h2-3,6-7,10-11,18,20H,4-5H2,1H3,(H2,16,21);1-2H/t10-,11+,14-;/m1./s1. The average Bonchev–Trinajstić information content (AvgIpc) is 3.09. The molecule has 0 saturated heterocycles. The second-order valence-electron chi connectivity index (χ2n) is 5.58. The fraction of sp³-hybridized carbons (Fsp3) is 0.375. The zero-order chi connectivity index (χ0) is 17.2. The molecule has 122 valence electrons. The molecular weight excluding hydrogens is 299 g/mol. The topological polar surface area (TPSA) is 92.6 Å². The molecule has 3 atom stereocenters. The van der Waals surface area contributed by atoms with E-state index in [0.717, 1.165) is 0 Å². The predicted molar refractivity (Wildman–Crippen MR) is 85.8 cm³/mol. The van der Waals surface area contributed by atoms with Crippen LogP contribution in [0.5, 0.6) is 0 Å². The number of amides is 1. The van der Waals surface area contributed by atoms with E-state index in [1.54, 1.807) is 22.8 Å². The fourth-order valence-electron chi connectivity index (χ4n) is 2.84. The van der Waals surface area contributed by atoms with Crippen LogP contribution in [0.1, 0.15) is 30.1 Å². The SMILES string of the molecule is C#C.C[C@]1(F)[C@@H](O)CC[C@H]1Nc1c(C(N)=O)cnn2cccc12. The molecule has 1 aliphatic carbocycles. The van der Waals surface area contributed by atoms with Gasteiger partial charge in [-0.1, -0.05) is 0 Å². The summed E-state index contributed by atoms with van der Waals surface area (Å²) in [7, 11) is 0. The smallest absolute Gasteiger partial charge is 0.252 e. The van der Waals surface area contributed by atoms with Crippen molar-refractivity contribution in [2.75, 3.05) is 5.32 Å². The number of rotatable bonds is 3. The average molecular weight is 318 g/mol. The minimum atomic E-state index is -1.76. The van der Waals surface area contributed by atoms with E-state index in [4.69, 9.17) is 5.73 Å². The summed E-state index contributed by atoms with van der Waals surface area (Å²) < 4.78 is 16.1. The molecule has 2 heterocycles. The van der Waals surface area contributed by atoms with Gasteiger partial charge in [0.15, 0.2) is 5.67 Å². The number of fused-ring (bicyclic) bond motifs is 1. The lowest BCUT2D eigenvalue weighted by Crippen LogP contribution is -2.43. The van der Waals surface area contributed by atoms with Crippen LogP contribution in [0.4, 0.5) is 10.1 Å². The van der Waals surface area contributed by atoms with Gasteiger partial charge in [0.2, 0.25) is 0 Å². The summed E-state index contributed by atoms with van der Waals surface area (Å²) in [4.78, 5) is 11.6. The van der Waals surface area contributed by atoms with Crippen LogP contribution >= 0.6 is 0 Å². The fourth-order valence-corrected chi connectivity index (χ4v) is 2.84. The Hall–Kier alpha value is -2.59. The molecule has 0 aliphatic heterocycles. The van der Waals surface area contributed by atoms with Gasteiger partial charge in [-0.3, -0.25) is 4.79 Å².